The molecule has 2 N–H and O–H groups in total. The predicted molar refractivity (Wildman–Crippen MR) is 90.7 cm³/mol. The van der Waals surface area contributed by atoms with Gasteiger partial charge in [0.25, 0.3) is 0 Å². The zero-order chi connectivity index (χ0) is 15.8. The number of aliphatic carboxylic acids is 1. The van der Waals surface area contributed by atoms with E-state index in [0.29, 0.717) is 6.54 Å². The number of carbonyl (C=O) groups is 1. The van der Waals surface area contributed by atoms with Crippen molar-refractivity contribution in [1.29, 1.82) is 0 Å². The molecule has 0 aromatic carbocycles. The minimum atomic E-state index is -0.716. The van der Waals surface area contributed by atoms with Gasteiger partial charge in [-0.1, -0.05) is 78.1 Å². The van der Waals surface area contributed by atoms with Crippen LogP contribution in [0.2, 0.25) is 0 Å². The summed E-state index contributed by atoms with van der Waals surface area (Å²) >= 11 is 0. The van der Waals surface area contributed by atoms with Gasteiger partial charge in [0.1, 0.15) is 0 Å². The molecule has 0 rings (SSSR count). The van der Waals surface area contributed by atoms with Crippen molar-refractivity contribution in [3.63, 3.8) is 0 Å². The largest absolute Gasteiger partial charge is 0.481 e. The Labute approximate surface area is 131 Å². The second-order valence-electron chi connectivity index (χ2n) is 6.61. The molecule has 0 heterocycles. The lowest BCUT2D eigenvalue weighted by Crippen LogP contribution is -2.19. The zero-order valence-electron chi connectivity index (χ0n) is 14.3. The zero-order valence-corrected chi connectivity index (χ0v) is 14.3. The van der Waals surface area contributed by atoms with Crippen LogP contribution in [0, 0.1) is 5.92 Å². The predicted octanol–water partition coefficient (Wildman–Crippen LogP) is 5.00. The van der Waals surface area contributed by atoms with Crippen molar-refractivity contribution in [3.05, 3.63) is 0 Å². The highest BCUT2D eigenvalue weighted by molar-refractivity contribution is 5.66. The Bertz CT molecular complexity index is 229. The second kappa shape index (κ2) is 15.8. The molecule has 0 aromatic heterocycles. The molecule has 0 aromatic rings. The molecule has 21 heavy (non-hydrogen) atoms. The smallest absolute Gasteiger partial charge is 0.304 e. The number of unbranched alkanes of at least 4 members (excludes halogenated alkanes) is 9. The lowest BCUT2D eigenvalue weighted by molar-refractivity contribution is -0.136. The van der Waals surface area contributed by atoms with Gasteiger partial charge in [-0.2, -0.15) is 0 Å². The Kier molecular flexibility index (Phi) is 15.4. The van der Waals surface area contributed by atoms with E-state index < -0.39 is 5.97 Å². The minimum Gasteiger partial charge on any atom is -0.481 e. The molecule has 0 saturated heterocycles. The van der Waals surface area contributed by atoms with Crippen LogP contribution in [-0.4, -0.2) is 24.2 Å². The third-order valence-corrected chi connectivity index (χ3v) is 3.90. The van der Waals surface area contributed by atoms with E-state index in [1.807, 2.05) is 0 Å². The maximum Gasteiger partial charge on any atom is 0.304 e. The van der Waals surface area contributed by atoms with E-state index in [-0.39, 0.29) is 6.42 Å². The Morgan fingerprint density at radius 1 is 0.810 bits per heavy atom. The lowest BCUT2D eigenvalue weighted by atomic mass is 10.0. The molecule has 0 bridgehead atoms. The molecule has 0 saturated carbocycles. The first-order chi connectivity index (χ1) is 10.1. The monoisotopic (exact) mass is 299 g/mol. The van der Waals surface area contributed by atoms with Gasteiger partial charge in [-0.15, -0.1) is 0 Å². The summed E-state index contributed by atoms with van der Waals surface area (Å²) in [5.74, 6) is 0.148. The molecule has 0 fully saturated rings. The van der Waals surface area contributed by atoms with Gasteiger partial charge < -0.3 is 10.4 Å². The molecule has 126 valence electrons. The summed E-state index contributed by atoms with van der Waals surface area (Å²) in [5.41, 5.74) is 0. The molecule has 0 unspecified atom stereocenters. The highest BCUT2D eigenvalue weighted by atomic mass is 16.4. The summed E-state index contributed by atoms with van der Waals surface area (Å²) in [6.07, 6.45) is 15.2. The SMILES string of the molecule is CC(C)CCCCCCCCCCCCNCCC(=O)O. The van der Waals surface area contributed by atoms with Gasteiger partial charge in [-0.3, -0.25) is 4.79 Å². The van der Waals surface area contributed by atoms with E-state index in [4.69, 9.17) is 5.11 Å². The number of nitrogens with one attached hydrogen (secondary N) is 1. The Balaban J connectivity index is 2.98. The van der Waals surface area contributed by atoms with E-state index in [9.17, 15) is 4.79 Å². The van der Waals surface area contributed by atoms with Crippen LogP contribution in [0.5, 0.6) is 0 Å². The molecular weight excluding hydrogens is 262 g/mol. The summed E-state index contributed by atoms with van der Waals surface area (Å²) in [6.45, 7) is 6.18. The second-order valence-corrected chi connectivity index (χ2v) is 6.61. The summed E-state index contributed by atoms with van der Waals surface area (Å²) in [5, 5.41) is 11.7. The van der Waals surface area contributed by atoms with Crippen LogP contribution < -0.4 is 5.32 Å². The van der Waals surface area contributed by atoms with Crippen molar-refractivity contribution in [2.24, 2.45) is 5.92 Å². The Morgan fingerprint density at radius 2 is 1.29 bits per heavy atom. The van der Waals surface area contributed by atoms with Crippen LogP contribution in [-0.2, 0) is 4.79 Å². The van der Waals surface area contributed by atoms with Crippen LogP contribution in [0.15, 0.2) is 0 Å². The molecule has 0 amide bonds. The molecule has 0 aliphatic rings. The van der Waals surface area contributed by atoms with E-state index in [1.165, 1.54) is 70.6 Å². The minimum absolute atomic E-state index is 0.233. The van der Waals surface area contributed by atoms with E-state index in [2.05, 4.69) is 19.2 Å². The van der Waals surface area contributed by atoms with E-state index >= 15 is 0 Å². The summed E-state index contributed by atoms with van der Waals surface area (Å²) in [6, 6.07) is 0. The third-order valence-electron chi connectivity index (χ3n) is 3.90. The number of hydrogen-bond donors (Lipinski definition) is 2. The molecule has 0 radical (unpaired) electrons. The van der Waals surface area contributed by atoms with Crippen molar-refractivity contribution in [3.8, 4) is 0 Å². The van der Waals surface area contributed by atoms with Crippen molar-refractivity contribution >= 4 is 5.97 Å². The third kappa shape index (κ3) is 19.4. The molecule has 3 nitrogen and oxygen atoms in total. The Hall–Kier alpha value is -0.570. The molecule has 0 spiro atoms. The van der Waals surface area contributed by atoms with Gasteiger partial charge >= 0.3 is 5.97 Å². The molecule has 3 heteroatoms. The topological polar surface area (TPSA) is 49.3 Å². The van der Waals surface area contributed by atoms with Gasteiger partial charge in [-0.05, 0) is 18.9 Å². The first-order valence-electron chi connectivity index (χ1n) is 9.05. The first-order valence-corrected chi connectivity index (χ1v) is 9.05. The highest BCUT2D eigenvalue weighted by Crippen LogP contribution is 2.13. The fourth-order valence-corrected chi connectivity index (χ4v) is 2.54. The summed E-state index contributed by atoms with van der Waals surface area (Å²) < 4.78 is 0. The van der Waals surface area contributed by atoms with Crippen LogP contribution in [0.4, 0.5) is 0 Å². The van der Waals surface area contributed by atoms with Crippen molar-refractivity contribution in [1.82, 2.24) is 5.32 Å². The van der Waals surface area contributed by atoms with Crippen LogP contribution in [0.1, 0.15) is 90.9 Å². The van der Waals surface area contributed by atoms with Gasteiger partial charge in [-0.25, -0.2) is 0 Å². The standard InChI is InChI=1S/C18H37NO2/c1-17(2)13-11-9-7-5-3-4-6-8-10-12-15-19-16-14-18(20)21/h17,19H,3-16H2,1-2H3,(H,20,21). The number of rotatable bonds is 16. The number of carboxylic acid groups (broad SMARTS) is 1. The van der Waals surface area contributed by atoms with Gasteiger partial charge in [0.05, 0.1) is 6.42 Å². The van der Waals surface area contributed by atoms with Gasteiger partial charge in [0, 0.05) is 6.54 Å². The van der Waals surface area contributed by atoms with E-state index in [1.54, 1.807) is 0 Å². The highest BCUT2D eigenvalue weighted by Gasteiger charge is 1.96. The Morgan fingerprint density at radius 3 is 1.76 bits per heavy atom. The fraction of sp³-hybridized carbons (Fsp3) is 0.944. The summed E-state index contributed by atoms with van der Waals surface area (Å²) in [4.78, 5) is 10.3. The van der Waals surface area contributed by atoms with Crippen LogP contribution in [0.25, 0.3) is 0 Å². The van der Waals surface area contributed by atoms with Crippen molar-refractivity contribution in [2.45, 2.75) is 90.9 Å². The number of hydrogen-bond acceptors (Lipinski definition) is 2. The van der Waals surface area contributed by atoms with Crippen LogP contribution in [0.3, 0.4) is 0 Å². The maximum atomic E-state index is 10.3. The molecule has 0 aliphatic carbocycles. The average molecular weight is 299 g/mol. The van der Waals surface area contributed by atoms with Crippen molar-refractivity contribution < 1.29 is 9.90 Å². The van der Waals surface area contributed by atoms with E-state index in [0.717, 1.165) is 12.5 Å². The maximum absolute atomic E-state index is 10.3. The molecule has 0 aliphatic heterocycles. The normalized spacial score (nSPS) is 11.2. The van der Waals surface area contributed by atoms with Gasteiger partial charge in [0.2, 0.25) is 0 Å². The molecular formula is C18H37NO2. The lowest BCUT2D eigenvalue weighted by Gasteiger charge is -2.05. The van der Waals surface area contributed by atoms with Gasteiger partial charge in [0.15, 0.2) is 0 Å². The van der Waals surface area contributed by atoms with Crippen molar-refractivity contribution in [2.75, 3.05) is 13.1 Å². The summed E-state index contributed by atoms with van der Waals surface area (Å²) in [7, 11) is 0. The fourth-order valence-electron chi connectivity index (χ4n) is 2.54. The average Bonchev–Trinajstić information content (AvgIpc) is 2.42. The first kappa shape index (κ1) is 20.4. The van der Waals surface area contributed by atoms with Crippen LogP contribution >= 0.6 is 0 Å². The number of carboxylic acids is 1. The molecule has 0 atom stereocenters. The quantitative estimate of drug-likeness (QED) is 0.394.